The lowest BCUT2D eigenvalue weighted by atomic mass is 9.52. The number of benzene rings is 2. The Hall–Kier alpha value is -2.69. The molecule has 0 radical (unpaired) electrons. The Morgan fingerprint density at radius 1 is 1.16 bits per heavy atom. The summed E-state index contributed by atoms with van der Waals surface area (Å²) in [7, 11) is 1.77. The molecule has 5 nitrogen and oxygen atoms in total. The van der Waals surface area contributed by atoms with Crippen molar-refractivity contribution in [3.8, 4) is 5.75 Å². The van der Waals surface area contributed by atoms with Gasteiger partial charge < -0.3 is 14.4 Å². The number of anilines is 2. The third-order valence-electron chi connectivity index (χ3n) is 7.76. The van der Waals surface area contributed by atoms with Gasteiger partial charge in [0.1, 0.15) is 5.75 Å². The van der Waals surface area contributed by atoms with Crippen LogP contribution in [0.4, 0.5) is 16.2 Å². The van der Waals surface area contributed by atoms with Gasteiger partial charge in [-0.05, 0) is 86.1 Å². The Morgan fingerprint density at radius 2 is 2.00 bits per heavy atom. The topological polar surface area (TPSA) is 50.8 Å². The summed E-state index contributed by atoms with van der Waals surface area (Å²) in [6, 6.07) is 15.5. The third kappa shape index (κ3) is 3.44. The zero-order chi connectivity index (χ0) is 21.4. The molecule has 1 N–H and O–H groups in total. The smallest absolute Gasteiger partial charge is 0.411 e. The predicted octanol–water partition coefficient (Wildman–Crippen LogP) is 5.53. The van der Waals surface area contributed by atoms with Crippen LogP contribution in [0.2, 0.25) is 0 Å². The number of hydrogen-bond acceptors (Lipinski definition) is 4. The normalized spacial score (nSPS) is 26.5. The number of ether oxygens (including phenoxy) is 2. The van der Waals surface area contributed by atoms with E-state index in [-0.39, 0.29) is 0 Å². The van der Waals surface area contributed by atoms with Crippen LogP contribution in [-0.4, -0.2) is 32.4 Å². The average Bonchev–Trinajstić information content (AvgIpc) is 2.80. The number of fused-ring (bicyclic) bond motifs is 1. The van der Waals surface area contributed by atoms with Gasteiger partial charge in [-0.2, -0.15) is 0 Å². The molecule has 0 spiro atoms. The number of rotatable bonds is 4. The molecule has 3 aliphatic rings. The van der Waals surface area contributed by atoms with E-state index in [9.17, 15) is 4.79 Å². The van der Waals surface area contributed by atoms with Crippen molar-refractivity contribution in [3.63, 3.8) is 0 Å². The van der Waals surface area contributed by atoms with E-state index in [2.05, 4.69) is 40.5 Å². The third-order valence-corrected chi connectivity index (χ3v) is 7.76. The van der Waals surface area contributed by atoms with Crippen LogP contribution in [0.5, 0.6) is 5.75 Å². The summed E-state index contributed by atoms with van der Waals surface area (Å²) in [4.78, 5) is 14.3. The first-order valence-electron chi connectivity index (χ1n) is 11.6. The number of piperidine rings is 1. The molecule has 1 heterocycles. The quantitative estimate of drug-likeness (QED) is 0.707. The van der Waals surface area contributed by atoms with Crippen LogP contribution in [0, 0.1) is 5.92 Å². The van der Waals surface area contributed by atoms with Crippen LogP contribution in [0.1, 0.15) is 50.2 Å². The highest BCUT2D eigenvalue weighted by Crippen LogP contribution is 2.56. The van der Waals surface area contributed by atoms with Gasteiger partial charge in [0.15, 0.2) is 0 Å². The van der Waals surface area contributed by atoms with Gasteiger partial charge in [-0.1, -0.05) is 18.9 Å². The molecule has 1 saturated heterocycles. The maximum atomic E-state index is 11.7. The molecule has 3 atom stereocenters. The zero-order valence-corrected chi connectivity index (χ0v) is 18.5. The Bertz CT molecular complexity index is 958. The van der Waals surface area contributed by atoms with Gasteiger partial charge >= 0.3 is 6.09 Å². The minimum atomic E-state index is -0.403. The van der Waals surface area contributed by atoms with Gasteiger partial charge in [0, 0.05) is 29.4 Å². The summed E-state index contributed by atoms with van der Waals surface area (Å²) in [5.41, 5.74) is 5.37. The minimum Gasteiger partial charge on any atom is -0.497 e. The van der Waals surface area contributed by atoms with Crippen molar-refractivity contribution in [1.29, 1.82) is 0 Å². The summed E-state index contributed by atoms with van der Waals surface area (Å²) in [6.07, 6.45) is 7.14. The molecule has 2 aliphatic carbocycles. The van der Waals surface area contributed by atoms with Crippen molar-refractivity contribution in [2.45, 2.75) is 56.9 Å². The first kappa shape index (κ1) is 20.2. The monoisotopic (exact) mass is 420 g/mol. The van der Waals surface area contributed by atoms with Crippen molar-refractivity contribution >= 4 is 17.5 Å². The van der Waals surface area contributed by atoms with E-state index in [1.807, 2.05) is 19.1 Å². The molecule has 5 rings (SSSR count). The van der Waals surface area contributed by atoms with Crippen LogP contribution in [-0.2, 0) is 16.6 Å². The molecular weight excluding hydrogens is 388 g/mol. The first-order chi connectivity index (χ1) is 15.1. The van der Waals surface area contributed by atoms with Crippen LogP contribution in [0.3, 0.4) is 0 Å². The van der Waals surface area contributed by atoms with Crippen LogP contribution in [0.15, 0.2) is 42.5 Å². The Morgan fingerprint density at radius 3 is 2.77 bits per heavy atom. The Kier molecular flexibility index (Phi) is 5.28. The fourth-order valence-electron chi connectivity index (χ4n) is 6.45. The molecule has 164 valence electrons. The van der Waals surface area contributed by atoms with Crippen LogP contribution < -0.4 is 15.0 Å². The fraction of sp³-hybridized carbons (Fsp3) is 0.500. The van der Waals surface area contributed by atoms with Crippen molar-refractivity contribution in [1.82, 2.24) is 0 Å². The molecule has 0 unspecified atom stereocenters. The number of nitrogens with zero attached hydrogens (tertiary/aromatic N) is 1. The van der Waals surface area contributed by atoms with Gasteiger partial charge in [0.25, 0.3) is 0 Å². The molecule has 2 fully saturated rings. The van der Waals surface area contributed by atoms with Gasteiger partial charge in [-0.15, -0.1) is 0 Å². The molecule has 31 heavy (non-hydrogen) atoms. The van der Waals surface area contributed by atoms with Crippen LogP contribution >= 0.6 is 0 Å². The molecule has 1 saturated carbocycles. The molecule has 2 bridgehead atoms. The average molecular weight is 421 g/mol. The standard InChI is InChI=1S/C26H32N2O3/c1-3-31-25(29)27-19-8-10-20(11-9-19)28-15-14-26-13-5-4-6-22(26)24(28)16-18-7-12-21(30-2)17-23(18)26/h7-12,17,22,24H,3-6,13-16H2,1-2H3,(H,27,29)/t22-,24+,26+/m1/s1. The summed E-state index contributed by atoms with van der Waals surface area (Å²) in [6.45, 7) is 3.25. The highest BCUT2D eigenvalue weighted by molar-refractivity contribution is 5.84. The zero-order valence-electron chi connectivity index (χ0n) is 18.5. The number of amides is 1. The number of carbonyl (C=O) groups is 1. The minimum absolute atomic E-state index is 0.299. The van der Waals surface area contributed by atoms with E-state index in [0.717, 1.165) is 24.4 Å². The van der Waals surface area contributed by atoms with Gasteiger partial charge in [0.05, 0.1) is 13.7 Å². The number of hydrogen-bond donors (Lipinski definition) is 1. The lowest BCUT2D eigenvalue weighted by Gasteiger charge is -2.59. The van der Waals surface area contributed by atoms with Gasteiger partial charge in [-0.25, -0.2) is 4.79 Å². The van der Waals surface area contributed by atoms with Crippen molar-refractivity contribution < 1.29 is 14.3 Å². The number of methoxy groups -OCH3 is 1. The molecule has 2 aromatic rings. The maximum Gasteiger partial charge on any atom is 0.411 e. The lowest BCUT2D eigenvalue weighted by molar-refractivity contribution is 0.0983. The van der Waals surface area contributed by atoms with Gasteiger partial charge in [-0.3, -0.25) is 5.32 Å². The Balaban J connectivity index is 1.44. The molecule has 5 heteroatoms. The first-order valence-corrected chi connectivity index (χ1v) is 11.6. The SMILES string of the molecule is CCOC(=O)Nc1ccc(N2CC[C@@]34CCCC[C@@H]3[C@@H]2Cc2ccc(OC)cc24)cc1. The second-order valence-electron chi connectivity index (χ2n) is 9.14. The van der Waals surface area contributed by atoms with E-state index in [4.69, 9.17) is 9.47 Å². The van der Waals surface area contributed by atoms with Gasteiger partial charge in [0.2, 0.25) is 0 Å². The lowest BCUT2D eigenvalue weighted by Crippen LogP contribution is -2.61. The molecule has 0 aromatic heterocycles. The summed E-state index contributed by atoms with van der Waals surface area (Å²) < 4.78 is 10.6. The summed E-state index contributed by atoms with van der Waals surface area (Å²) in [5.74, 6) is 1.68. The van der Waals surface area contributed by atoms with Crippen molar-refractivity contribution in [2.75, 3.05) is 30.5 Å². The van der Waals surface area contributed by atoms with Crippen LogP contribution in [0.25, 0.3) is 0 Å². The molecule has 2 aromatic carbocycles. The number of nitrogens with one attached hydrogen (secondary N) is 1. The number of carbonyl (C=O) groups excluding carboxylic acids is 1. The summed E-state index contributed by atoms with van der Waals surface area (Å²) >= 11 is 0. The van der Waals surface area contributed by atoms with Crippen molar-refractivity contribution in [2.24, 2.45) is 5.92 Å². The fourth-order valence-corrected chi connectivity index (χ4v) is 6.45. The molecular formula is C26H32N2O3. The van der Waals surface area contributed by atoms with E-state index >= 15 is 0 Å². The van der Waals surface area contributed by atoms with Crippen molar-refractivity contribution in [3.05, 3.63) is 53.6 Å². The predicted molar refractivity (Wildman–Crippen MR) is 123 cm³/mol. The summed E-state index contributed by atoms with van der Waals surface area (Å²) in [5, 5.41) is 2.79. The highest BCUT2D eigenvalue weighted by Gasteiger charge is 2.53. The van der Waals surface area contributed by atoms with E-state index in [0.29, 0.717) is 24.0 Å². The second-order valence-corrected chi connectivity index (χ2v) is 9.14. The molecule has 1 amide bonds. The van der Waals surface area contributed by atoms with E-state index < -0.39 is 6.09 Å². The Labute approximate surface area is 184 Å². The molecule has 1 aliphatic heterocycles. The van der Waals surface area contributed by atoms with E-state index in [1.165, 1.54) is 43.4 Å². The largest absolute Gasteiger partial charge is 0.497 e. The highest BCUT2D eigenvalue weighted by atomic mass is 16.5. The maximum absolute atomic E-state index is 11.7. The second kappa shape index (κ2) is 8.10. The van der Waals surface area contributed by atoms with E-state index in [1.54, 1.807) is 12.7 Å².